The quantitative estimate of drug-likeness (QED) is 0.913. The van der Waals surface area contributed by atoms with E-state index in [2.05, 4.69) is 27.6 Å². The van der Waals surface area contributed by atoms with Crippen LogP contribution in [0.1, 0.15) is 42.6 Å². The molecule has 1 N–H and O–H groups in total. The van der Waals surface area contributed by atoms with Gasteiger partial charge in [0.05, 0.1) is 6.54 Å². The van der Waals surface area contributed by atoms with Crippen molar-refractivity contribution in [2.75, 3.05) is 0 Å². The third kappa shape index (κ3) is 3.02. The van der Waals surface area contributed by atoms with Gasteiger partial charge in [0.2, 0.25) is 5.89 Å². The average Bonchev–Trinajstić information content (AvgIpc) is 2.79. The van der Waals surface area contributed by atoms with Gasteiger partial charge in [-0.1, -0.05) is 35.3 Å². The number of aryl methyl sites for hydroxylation is 1. The van der Waals surface area contributed by atoms with E-state index >= 15 is 0 Å². The molecular formula is C15H18ClN3O. The van der Waals surface area contributed by atoms with Gasteiger partial charge in [0.15, 0.2) is 5.82 Å². The van der Waals surface area contributed by atoms with Crippen LogP contribution in [0.25, 0.3) is 0 Å². The second-order valence-electron chi connectivity index (χ2n) is 5.33. The Morgan fingerprint density at radius 1 is 1.35 bits per heavy atom. The Morgan fingerprint density at radius 2 is 2.10 bits per heavy atom. The number of hydrogen-bond acceptors (Lipinski definition) is 4. The van der Waals surface area contributed by atoms with E-state index in [0.29, 0.717) is 30.2 Å². The summed E-state index contributed by atoms with van der Waals surface area (Å²) in [5.41, 5.74) is 1.28. The molecule has 0 spiro atoms. The van der Waals surface area contributed by atoms with E-state index in [1.807, 2.05) is 12.1 Å². The number of hydrogen-bond donors (Lipinski definition) is 1. The van der Waals surface area contributed by atoms with Gasteiger partial charge in [-0.2, -0.15) is 4.98 Å². The molecule has 0 aliphatic heterocycles. The lowest BCUT2D eigenvalue weighted by Gasteiger charge is -2.34. The first-order chi connectivity index (χ1) is 9.72. The number of nitrogens with one attached hydrogen (secondary N) is 1. The SMILES string of the molecule is Cc1nc(CN[C@@H](c2ccc(Cl)cc2)C2CCC2)no1. The monoisotopic (exact) mass is 291 g/mol. The Kier molecular flexibility index (Phi) is 4.03. The van der Waals surface area contributed by atoms with Crippen molar-refractivity contribution in [2.24, 2.45) is 5.92 Å². The van der Waals surface area contributed by atoms with Crippen molar-refractivity contribution in [3.63, 3.8) is 0 Å². The van der Waals surface area contributed by atoms with Gasteiger partial charge in [0, 0.05) is 18.0 Å². The topological polar surface area (TPSA) is 51.0 Å². The summed E-state index contributed by atoms with van der Waals surface area (Å²) in [6.07, 6.45) is 3.86. The molecule has 106 valence electrons. The van der Waals surface area contributed by atoms with E-state index < -0.39 is 0 Å². The molecule has 1 aromatic carbocycles. The largest absolute Gasteiger partial charge is 0.340 e. The number of aromatic nitrogens is 2. The number of halogens is 1. The van der Waals surface area contributed by atoms with Crippen molar-refractivity contribution in [2.45, 2.75) is 38.8 Å². The molecule has 5 heteroatoms. The first-order valence-electron chi connectivity index (χ1n) is 7.00. The zero-order chi connectivity index (χ0) is 13.9. The third-order valence-electron chi connectivity index (χ3n) is 3.90. The minimum absolute atomic E-state index is 0.333. The Labute approximate surface area is 123 Å². The normalized spacial score (nSPS) is 16.9. The van der Waals surface area contributed by atoms with Gasteiger partial charge in [0.1, 0.15) is 0 Å². The van der Waals surface area contributed by atoms with Gasteiger partial charge in [0.25, 0.3) is 0 Å². The molecule has 1 aliphatic rings. The second-order valence-corrected chi connectivity index (χ2v) is 5.77. The molecule has 1 aromatic heterocycles. The molecule has 3 rings (SSSR count). The van der Waals surface area contributed by atoms with Gasteiger partial charge in [-0.15, -0.1) is 0 Å². The Bertz CT molecular complexity index is 563. The summed E-state index contributed by atoms with van der Waals surface area (Å²) in [6, 6.07) is 8.42. The van der Waals surface area contributed by atoms with Crippen molar-refractivity contribution >= 4 is 11.6 Å². The summed E-state index contributed by atoms with van der Waals surface area (Å²) in [6.45, 7) is 2.43. The standard InChI is InChI=1S/C15H18ClN3O/c1-10-18-14(19-20-10)9-17-15(11-3-2-4-11)12-5-7-13(16)8-6-12/h5-8,11,15,17H,2-4,9H2,1H3/t15-/m1/s1. The van der Waals surface area contributed by atoms with Crippen LogP contribution in [0.3, 0.4) is 0 Å². The molecule has 2 aromatic rings. The molecule has 1 fully saturated rings. The van der Waals surface area contributed by atoms with Crippen molar-refractivity contribution in [3.8, 4) is 0 Å². The number of rotatable bonds is 5. The van der Waals surface area contributed by atoms with Crippen molar-refractivity contribution in [1.29, 1.82) is 0 Å². The molecule has 1 heterocycles. The summed E-state index contributed by atoms with van der Waals surface area (Å²) in [5.74, 6) is 2.00. The van der Waals surface area contributed by atoms with Gasteiger partial charge >= 0.3 is 0 Å². The minimum Gasteiger partial charge on any atom is -0.340 e. The molecule has 1 atom stereocenters. The molecule has 0 bridgehead atoms. The summed E-state index contributed by atoms with van der Waals surface area (Å²) in [4.78, 5) is 4.23. The molecule has 0 radical (unpaired) electrons. The first kappa shape index (κ1) is 13.6. The lowest BCUT2D eigenvalue weighted by molar-refractivity contribution is 0.228. The van der Waals surface area contributed by atoms with E-state index in [9.17, 15) is 0 Å². The van der Waals surface area contributed by atoms with Crippen LogP contribution in [0, 0.1) is 12.8 Å². The van der Waals surface area contributed by atoms with Crippen molar-refractivity contribution in [3.05, 3.63) is 46.6 Å². The van der Waals surface area contributed by atoms with Gasteiger partial charge in [-0.3, -0.25) is 0 Å². The highest BCUT2D eigenvalue weighted by atomic mass is 35.5. The third-order valence-corrected chi connectivity index (χ3v) is 4.15. The summed E-state index contributed by atoms with van der Waals surface area (Å²) in [5, 5.41) is 8.26. The predicted octanol–water partition coefficient (Wildman–Crippen LogP) is 3.66. The van der Waals surface area contributed by atoms with Gasteiger partial charge in [-0.05, 0) is 36.5 Å². The molecule has 0 saturated heterocycles. The summed E-state index contributed by atoms with van der Waals surface area (Å²) >= 11 is 5.97. The van der Waals surface area contributed by atoms with E-state index in [4.69, 9.17) is 16.1 Å². The Hall–Kier alpha value is -1.39. The molecular weight excluding hydrogens is 274 g/mol. The number of benzene rings is 1. The summed E-state index contributed by atoms with van der Waals surface area (Å²) < 4.78 is 5.00. The maximum absolute atomic E-state index is 5.97. The predicted molar refractivity (Wildman–Crippen MR) is 77.4 cm³/mol. The molecule has 0 unspecified atom stereocenters. The fourth-order valence-electron chi connectivity index (χ4n) is 2.61. The fraction of sp³-hybridized carbons (Fsp3) is 0.467. The molecule has 1 aliphatic carbocycles. The highest BCUT2D eigenvalue weighted by Crippen LogP contribution is 2.38. The lowest BCUT2D eigenvalue weighted by Crippen LogP contribution is -2.32. The van der Waals surface area contributed by atoms with E-state index in [1.165, 1.54) is 24.8 Å². The molecule has 20 heavy (non-hydrogen) atoms. The summed E-state index contributed by atoms with van der Waals surface area (Å²) in [7, 11) is 0. The highest BCUT2D eigenvalue weighted by molar-refractivity contribution is 6.30. The van der Waals surface area contributed by atoms with Crippen LogP contribution >= 0.6 is 11.6 Å². The van der Waals surface area contributed by atoms with E-state index in [-0.39, 0.29) is 0 Å². The van der Waals surface area contributed by atoms with Crippen LogP contribution in [0.5, 0.6) is 0 Å². The molecule has 0 amide bonds. The highest BCUT2D eigenvalue weighted by Gasteiger charge is 2.28. The van der Waals surface area contributed by atoms with Crippen molar-refractivity contribution < 1.29 is 4.52 Å². The van der Waals surface area contributed by atoms with E-state index in [1.54, 1.807) is 6.92 Å². The van der Waals surface area contributed by atoms with Crippen molar-refractivity contribution in [1.82, 2.24) is 15.5 Å². The van der Waals surface area contributed by atoms with Crippen LogP contribution in [0.15, 0.2) is 28.8 Å². The van der Waals surface area contributed by atoms with Crippen LogP contribution < -0.4 is 5.32 Å². The van der Waals surface area contributed by atoms with Crippen LogP contribution in [0.2, 0.25) is 5.02 Å². The van der Waals surface area contributed by atoms with Gasteiger partial charge in [-0.25, -0.2) is 0 Å². The Balaban J connectivity index is 1.71. The fourth-order valence-corrected chi connectivity index (χ4v) is 2.74. The zero-order valence-corrected chi connectivity index (χ0v) is 12.2. The molecule has 1 saturated carbocycles. The van der Waals surface area contributed by atoms with E-state index in [0.717, 1.165) is 5.02 Å². The van der Waals surface area contributed by atoms with Crippen LogP contribution in [0.4, 0.5) is 0 Å². The Morgan fingerprint density at radius 3 is 2.65 bits per heavy atom. The first-order valence-corrected chi connectivity index (χ1v) is 7.38. The minimum atomic E-state index is 0.333. The second kappa shape index (κ2) is 5.94. The lowest BCUT2D eigenvalue weighted by atomic mass is 9.77. The molecule has 4 nitrogen and oxygen atoms in total. The van der Waals surface area contributed by atoms with Gasteiger partial charge < -0.3 is 9.84 Å². The van der Waals surface area contributed by atoms with Crippen LogP contribution in [-0.4, -0.2) is 10.1 Å². The smallest absolute Gasteiger partial charge is 0.223 e. The number of nitrogens with zero attached hydrogens (tertiary/aromatic N) is 2. The van der Waals surface area contributed by atoms with Crippen LogP contribution in [-0.2, 0) is 6.54 Å². The zero-order valence-electron chi connectivity index (χ0n) is 11.5. The maximum atomic E-state index is 5.97. The average molecular weight is 292 g/mol. The maximum Gasteiger partial charge on any atom is 0.223 e.